The molecule has 3 rings (SSSR count). The zero-order chi connectivity index (χ0) is 20.5. The summed E-state index contributed by atoms with van der Waals surface area (Å²) < 4.78 is 23.0. The van der Waals surface area contributed by atoms with Crippen LogP contribution in [0.2, 0.25) is 0 Å². The number of sulfone groups is 1. The second-order valence-corrected chi connectivity index (χ2v) is 10.2. The van der Waals surface area contributed by atoms with E-state index in [9.17, 15) is 18.0 Å². The second-order valence-electron chi connectivity index (χ2n) is 7.03. The number of carbonyl (C=O) groups excluding carboxylic acids is 2. The Bertz CT molecular complexity index is 1000. The third kappa shape index (κ3) is 4.59. The maximum atomic E-state index is 12.5. The van der Waals surface area contributed by atoms with Crippen LogP contribution in [-0.4, -0.2) is 60.8 Å². The predicted octanol–water partition coefficient (Wildman–Crippen LogP) is 1.80. The van der Waals surface area contributed by atoms with Gasteiger partial charge in [0.15, 0.2) is 9.84 Å². The lowest BCUT2D eigenvalue weighted by Gasteiger charge is -2.29. The monoisotopic (exact) mass is 421 g/mol. The van der Waals surface area contributed by atoms with Crippen LogP contribution < -0.4 is 5.32 Å². The van der Waals surface area contributed by atoms with E-state index in [1.165, 1.54) is 16.2 Å². The van der Waals surface area contributed by atoms with Crippen LogP contribution in [0.5, 0.6) is 0 Å². The molecule has 150 valence electrons. The van der Waals surface area contributed by atoms with E-state index in [1.807, 2.05) is 26.0 Å². The molecule has 1 aromatic heterocycles. The smallest absolute Gasteiger partial charge is 0.271 e. The first-order valence-corrected chi connectivity index (χ1v) is 11.7. The molecule has 9 heteroatoms. The van der Waals surface area contributed by atoms with Gasteiger partial charge < -0.3 is 10.2 Å². The van der Waals surface area contributed by atoms with Gasteiger partial charge >= 0.3 is 0 Å². The van der Waals surface area contributed by atoms with E-state index in [0.717, 1.165) is 21.7 Å². The highest BCUT2D eigenvalue weighted by molar-refractivity contribution is 7.91. The first-order chi connectivity index (χ1) is 13.2. The van der Waals surface area contributed by atoms with E-state index in [0.29, 0.717) is 0 Å². The first-order valence-electron chi connectivity index (χ1n) is 8.99. The standard InChI is InChI=1S/C19H23N3O4S2/c1-12-4-5-15(13(2)10-12)18-21-16(11-27-18)17(23)20-14(3)19(24)22-6-8-28(25,26)9-7-22/h4-5,10-11,14H,6-9H2,1-3H3,(H,20,23). The Morgan fingerprint density at radius 3 is 2.54 bits per heavy atom. The summed E-state index contributed by atoms with van der Waals surface area (Å²) in [5.74, 6) is -0.777. The summed E-state index contributed by atoms with van der Waals surface area (Å²) in [7, 11) is -3.06. The van der Waals surface area contributed by atoms with E-state index in [1.54, 1.807) is 12.3 Å². The van der Waals surface area contributed by atoms with Crippen molar-refractivity contribution in [1.29, 1.82) is 0 Å². The topological polar surface area (TPSA) is 96.4 Å². The molecular weight excluding hydrogens is 398 g/mol. The minimum atomic E-state index is -3.06. The molecule has 1 saturated heterocycles. The molecule has 1 fully saturated rings. The van der Waals surface area contributed by atoms with E-state index >= 15 is 0 Å². The van der Waals surface area contributed by atoms with Gasteiger partial charge in [-0.2, -0.15) is 0 Å². The molecule has 1 aliphatic rings. The van der Waals surface area contributed by atoms with Crippen LogP contribution in [0, 0.1) is 13.8 Å². The number of amides is 2. The number of nitrogens with one attached hydrogen (secondary N) is 1. The fourth-order valence-electron chi connectivity index (χ4n) is 3.09. The Morgan fingerprint density at radius 2 is 1.89 bits per heavy atom. The SMILES string of the molecule is Cc1ccc(-c2nc(C(=O)NC(C)C(=O)N3CCS(=O)(=O)CC3)cs2)c(C)c1. The van der Waals surface area contributed by atoms with Gasteiger partial charge in [0.1, 0.15) is 16.7 Å². The molecule has 0 radical (unpaired) electrons. The van der Waals surface area contributed by atoms with Gasteiger partial charge in [0.2, 0.25) is 5.91 Å². The van der Waals surface area contributed by atoms with Crippen LogP contribution in [0.1, 0.15) is 28.5 Å². The van der Waals surface area contributed by atoms with Crippen molar-refractivity contribution < 1.29 is 18.0 Å². The quantitative estimate of drug-likeness (QED) is 0.812. The van der Waals surface area contributed by atoms with Gasteiger partial charge in [-0.25, -0.2) is 13.4 Å². The molecular formula is C19H23N3O4S2. The van der Waals surface area contributed by atoms with Crippen molar-refractivity contribution in [3.05, 3.63) is 40.4 Å². The molecule has 7 nitrogen and oxygen atoms in total. The minimum absolute atomic E-state index is 0.0370. The number of aryl methyl sites for hydroxylation is 2. The van der Waals surface area contributed by atoms with E-state index in [4.69, 9.17) is 0 Å². The molecule has 2 amide bonds. The van der Waals surface area contributed by atoms with Crippen LogP contribution in [0.3, 0.4) is 0 Å². The lowest BCUT2D eigenvalue weighted by atomic mass is 10.1. The minimum Gasteiger partial charge on any atom is -0.339 e. The maximum Gasteiger partial charge on any atom is 0.271 e. The zero-order valence-corrected chi connectivity index (χ0v) is 17.7. The lowest BCUT2D eigenvalue weighted by molar-refractivity contribution is -0.132. The largest absolute Gasteiger partial charge is 0.339 e. The number of hydrogen-bond donors (Lipinski definition) is 1. The molecule has 1 atom stereocenters. The number of rotatable bonds is 4. The fraction of sp³-hybridized carbons (Fsp3) is 0.421. The molecule has 1 aliphatic heterocycles. The maximum absolute atomic E-state index is 12.5. The Balaban J connectivity index is 1.65. The summed E-state index contributed by atoms with van der Waals surface area (Å²) in [6.07, 6.45) is 0. The van der Waals surface area contributed by atoms with Crippen molar-refractivity contribution in [2.24, 2.45) is 0 Å². The molecule has 1 unspecified atom stereocenters. The highest BCUT2D eigenvalue weighted by Gasteiger charge is 2.29. The summed E-state index contributed by atoms with van der Waals surface area (Å²) in [5.41, 5.74) is 3.49. The summed E-state index contributed by atoms with van der Waals surface area (Å²) in [5, 5.41) is 5.09. The Labute approximate surface area is 168 Å². The van der Waals surface area contributed by atoms with Crippen molar-refractivity contribution in [2.75, 3.05) is 24.6 Å². The summed E-state index contributed by atoms with van der Waals surface area (Å²) in [4.78, 5) is 30.9. The average Bonchev–Trinajstić information content (AvgIpc) is 3.11. The molecule has 2 aromatic rings. The summed E-state index contributed by atoms with van der Waals surface area (Å²) >= 11 is 1.38. The van der Waals surface area contributed by atoms with Gasteiger partial charge in [-0.1, -0.05) is 23.8 Å². The van der Waals surface area contributed by atoms with Crippen LogP contribution in [-0.2, 0) is 14.6 Å². The number of aromatic nitrogens is 1. The molecule has 28 heavy (non-hydrogen) atoms. The van der Waals surface area contributed by atoms with E-state index in [-0.39, 0.29) is 36.2 Å². The highest BCUT2D eigenvalue weighted by Crippen LogP contribution is 2.27. The lowest BCUT2D eigenvalue weighted by Crippen LogP contribution is -2.51. The normalized spacial score (nSPS) is 17.2. The number of hydrogen-bond acceptors (Lipinski definition) is 6. The van der Waals surface area contributed by atoms with E-state index < -0.39 is 21.8 Å². The molecule has 1 N–H and O–H groups in total. The molecule has 1 aromatic carbocycles. The zero-order valence-electron chi connectivity index (χ0n) is 16.1. The second kappa shape index (κ2) is 8.00. The number of benzene rings is 1. The fourth-order valence-corrected chi connectivity index (χ4v) is 5.19. The highest BCUT2D eigenvalue weighted by atomic mass is 32.2. The first kappa shape index (κ1) is 20.5. The molecule has 0 bridgehead atoms. The Morgan fingerprint density at radius 1 is 1.21 bits per heavy atom. The molecule has 0 aliphatic carbocycles. The molecule has 0 spiro atoms. The number of carbonyl (C=O) groups is 2. The van der Waals surface area contributed by atoms with Gasteiger partial charge in [0.25, 0.3) is 5.91 Å². The van der Waals surface area contributed by atoms with Gasteiger partial charge in [-0.3, -0.25) is 9.59 Å². The van der Waals surface area contributed by atoms with Crippen molar-refractivity contribution in [3.63, 3.8) is 0 Å². The third-order valence-electron chi connectivity index (χ3n) is 4.72. The van der Waals surface area contributed by atoms with Crippen molar-refractivity contribution >= 4 is 33.0 Å². The number of thiazole rings is 1. The third-order valence-corrected chi connectivity index (χ3v) is 7.21. The molecule has 2 heterocycles. The van der Waals surface area contributed by atoms with Crippen molar-refractivity contribution in [2.45, 2.75) is 26.8 Å². The number of nitrogens with zero attached hydrogens (tertiary/aromatic N) is 2. The van der Waals surface area contributed by atoms with Crippen molar-refractivity contribution in [1.82, 2.24) is 15.2 Å². The Kier molecular flexibility index (Phi) is 5.85. The molecule has 0 saturated carbocycles. The van der Waals surface area contributed by atoms with Gasteiger partial charge in [0, 0.05) is 24.0 Å². The van der Waals surface area contributed by atoms with Gasteiger partial charge in [0.05, 0.1) is 11.5 Å². The summed E-state index contributed by atoms with van der Waals surface area (Å²) in [6, 6.07) is 5.31. The van der Waals surface area contributed by atoms with Gasteiger partial charge in [-0.05, 0) is 26.3 Å². The Hall–Kier alpha value is -2.26. The van der Waals surface area contributed by atoms with Crippen LogP contribution in [0.4, 0.5) is 0 Å². The van der Waals surface area contributed by atoms with Crippen LogP contribution in [0.25, 0.3) is 10.6 Å². The van der Waals surface area contributed by atoms with Gasteiger partial charge in [-0.15, -0.1) is 11.3 Å². The predicted molar refractivity (Wildman–Crippen MR) is 109 cm³/mol. The van der Waals surface area contributed by atoms with E-state index in [2.05, 4.69) is 16.4 Å². The summed E-state index contributed by atoms with van der Waals surface area (Å²) in [6.45, 7) is 5.95. The average molecular weight is 422 g/mol. The van der Waals surface area contributed by atoms with Crippen molar-refractivity contribution in [3.8, 4) is 10.6 Å². The van der Waals surface area contributed by atoms with Crippen LogP contribution >= 0.6 is 11.3 Å². The van der Waals surface area contributed by atoms with Crippen LogP contribution in [0.15, 0.2) is 23.6 Å².